The third kappa shape index (κ3) is 5.50. The maximum absolute atomic E-state index is 11.1. The molecule has 0 atom stereocenters. The van der Waals surface area contributed by atoms with Gasteiger partial charge in [-0.15, -0.1) is 19.6 Å². The minimum Gasteiger partial charge on any atom is -0.372 e. The summed E-state index contributed by atoms with van der Waals surface area (Å²) in [6, 6.07) is 12.6. The molecule has 0 spiro atoms. The first-order valence-corrected chi connectivity index (χ1v) is 9.41. The fourth-order valence-corrected chi connectivity index (χ4v) is 3.12. The monoisotopic (exact) mass is 429 g/mol. The molecule has 0 aliphatic carbocycles. The quantitative estimate of drug-likeness (QED) is 0.251. The van der Waals surface area contributed by atoms with Gasteiger partial charge in [0.05, 0.1) is 22.7 Å². The molecule has 0 aliphatic rings. The predicted molar refractivity (Wildman–Crippen MR) is 115 cm³/mol. The van der Waals surface area contributed by atoms with Gasteiger partial charge in [0.15, 0.2) is 7.05 Å². The van der Waals surface area contributed by atoms with Crippen molar-refractivity contribution in [1.29, 1.82) is 0 Å². The van der Waals surface area contributed by atoms with E-state index in [0.717, 1.165) is 30.0 Å². The Morgan fingerprint density at radius 2 is 1.58 bits per heavy atom. The van der Waals surface area contributed by atoms with Crippen LogP contribution in [0.15, 0.2) is 52.7 Å². The van der Waals surface area contributed by atoms with Gasteiger partial charge in [-0.25, -0.2) is 0 Å². The Kier molecular flexibility index (Phi) is 7.55. The summed E-state index contributed by atoms with van der Waals surface area (Å²) in [6.45, 7) is 6.14. The molecule has 12 heteroatoms. The Morgan fingerprint density at radius 3 is 2.10 bits per heavy atom. The maximum Gasteiger partial charge on any atom is 0.270 e. The maximum atomic E-state index is 11.1. The summed E-state index contributed by atoms with van der Waals surface area (Å²) in [5.41, 5.74) is 2.77. The van der Waals surface area contributed by atoms with Gasteiger partial charge in [-0.1, -0.05) is 0 Å². The van der Waals surface area contributed by atoms with Gasteiger partial charge in [0.25, 0.3) is 5.69 Å². The van der Waals surface area contributed by atoms with Crippen LogP contribution in [0.2, 0.25) is 0 Å². The van der Waals surface area contributed by atoms with Crippen molar-refractivity contribution >= 4 is 33.8 Å². The predicted octanol–water partition coefficient (Wildman–Crippen LogP) is 3.93. The Balaban J connectivity index is 0.000000785. The van der Waals surface area contributed by atoms with Crippen molar-refractivity contribution in [1.82, 2.24) is 4.68 Å². The second-order valence-corrected chi connectivity index (χ2v) is 6.44. The van der Waals surface area contributed by atoms with Gasteiger partial charge in [0.1, 0.15) is 5.39 Å². The van der Waals surface area contributed by atoms with E-state index < -0.39 is 10.0 Å². The molecule has 1 aromatic heterocycles. The number of non-ortho nitro benzene ring substituents is 1. The lowest BCUT2D eigenvalue weighted by molar-refractivity contribution is -0.727. The molecule has 1 heterocycles. The molecule has 12 nitrogen and oxygen atoms in total. The summed E-state index contributed by atoms with van der Waals surface area (Å²) in [5.74, 6) is 0.573. The number of nitro benzene ring substituents is 1. The zero-order chi connectivity index (χ0) is 23.1. The lowest BCUT2D eigenvalue weighted by Crippen LogP contribution is -2.37. The zero-order valence-electron chi connectivity index (χ0n) is 17.6. The molecule has 3 aromatic rings. The molecule has 0 N–H and O–H groups in total. The van der Waals surface area contributed by atoms with Crippen LogP contribution in [0.1, 0.15) is 13.8 Å². The van der Waals surface area contributed by atoms with Gasteiger partial charge in [-0.3, -0.25) is 10.1 Å². The van der Waals surface area contributed by atoms with Crippen molar-refractivity contribution in [2.75, 3.05) is 18.0 Å². The second-order valence-electron chi connectivity index (χ2n) is 6.44. The van der Waals surface area contributed by atoms with Crippen LogP contribution in [-0.4, -0.2) is 27.8 Å². The summed E-state index contributed by atoms with van der Waals surface area (Å²) in [4.78, 5) is 21.2. The number of hydrogen-bond donors (Lipinski definition) is 0. The minimum absolute atomic E-state index is 0.0359. The number of rotatable bonds is 6. The number of azo groups is 1. The summed E-state index contributed by atoms with van der Waals surface area (Å²) in [5, 5.41) is 35.2. The van der Waals surface area contributed by atoms with E-state index in [2.05, 4.69) is 29.0 Å². The van der Waals surface area contributed by atoms with Crippen LogP contribution in [-0.2, 0) is 14.1 Å². The van der Waals surface area contributed by atoms with E-state index in [1.165, 1.54) is 12.1 Å². The number of aryl methyl sites for hydroxylation is 1. The molecule has 3 rings (SSSR count). The van der Waals surface area contributed by atoms with Gasteiger partial charge in [0, 0.05) is 37.0 Å². The van der Waals surface area contributed by atoms with Crippen LogP contribution in [0, 0.1) is 25.4 Å². The normalized spacial score (nSPS) is 10.7. The van der Waals surface area contributed by atoms with E-state index in [0.29, 0.717) is 11.2 Å². The third-order valence-electron chi connectivity index (χ3n) is 4.78. The van der Waals surface area contributed by atoms with Crippen LogP contribution < -0.4 is 9.58 Å². The lowest BCUT2D eigenvalue weighted by atomic mass is 10.2. The number of nitrogens with zero attached hydrogens (tertiary/aromatic N) is 7. The molecule has 0 aliphatic heterocycles. The number of aromatic nitrogens is 2. The van der Waals surface area contributed by atoms with Crippen LogP contribution in [0.4, 0.5) is 22.9 Å². The average molecular weight is 429 g/mol. The fraction of sp³-hybridized carbons (Fsp3) is 0.316. The van der Waals surface area contributed by atoms with Crippen molar-refractivity contribution in [3.63, 3.8) is 0 Å². The first-order chi connectivity index (χ1) is 14.7. The summed E-state index contributed by atoms with van der Waals surface area (Å²) in [6.07, 6.45) is 0. The minimum atomic E-state index is -1.75. The van der Waals surface area contributed by atoms with Gasteiger partial charge in [-0.2, -0.15) is 0 Å². The molecule has 0 fully saturated rings. The highest BCUT2D eigenvalue weighted by Gasteiger charge is 2.21. The molecular weight excluding hydrogens is 406 g/mol. The average Bonchev–Trinajstić information content (AvgIpc) is 2.97. The number of fused-ring (bicyclic) bond motifs is 1. The third-order valence-corrected chi connectivity index (χ3v) is 4.78. The zero-order valence-corrected chi connectivity index (χ0v) is 17.6. The molecule has 0 bridgehead atoms. The van der Waals surface area contributed by atoms with Gasteiger partial charge >= 0.3 is 0 Å². The Morgan fingerprint density at radius 1 is 1.00 bits per heavy atom. The standard InChI is InChI=1S/C19H23N6O2.NO3/c1-5-24(6-2)15-9-7-14(8-10-15)20-21-19-17-13-16(25(26)27)11-12-18(17)22(3)23(19)4;2-1(3)4/h7-13H,5-6H2,1-4H3;/q+1;-1. The van der Waals surface area contributed by atoms with Crippen molar-refractivity contribution in [3.8, 4) is 0 Å². The van der Waals surface area contributed by atoms with Crippen molar-refractivity contribution in [2.45, 2.75) is 13.8 Å². The molecule has 31 heavy (non-hydrogen) atoms. The lowest BCUT2D eigenvalue weighted by Gasteiger charge is -2.20. The first kappa shape index (κ1) is 23.2. The summed E-state index contributed by atoms with van der Waals surface area (Å²) < 4.78 is 3.71. The highest BCUT2D eigenvalue weighted by atomic mass is 16.9. The fourth-order valence-electron chi connectivity index (χ4n) is 3.12. The van der Waals surface area contributed by atoms with Crippen LogP contribution in [0.3, 0.4) is 0 Å². The molecular formula is C19H23N7O5. The van der Waals surface area contributed by atoms with E-state index in [4.69, 9.17) is 15.3 Å². The highest BCUT2D eigenvalue weighted by Crippen LogP contribution is 2.29. The first-order valence-electron chi connectivity index (χ1n) is 9.41. The van der Waals surface area contributed by atoms with Crippen molar-refractivity contribution in [2.24, 2.45) is 24.3 Å². The highest BCUT2D eigenvalue weighted by molar-refractivity contribution is 5.88. The Hall–Kier alpha value is -4.09. The van der Waals surface area contributed by atoms with Gasteiger partial charge in [0.2, 0.25) is 11.3 Å². The molecule has 0 saturated carbocycles. The Bertz CT molecular complexity index is 1100. The SMILES string of the molecule is CCN(CC)c1ccc(N=Nc2c3cc([N+](=O)[O-])ccc3[n+](C)n2C)cc1.O=[N+]([O-])[O-]. The van der Waals surface area contributed by atoms with E-state index in [9.17, 15) is 10.1 Å². The number of hydrogen-bond acceptors (Lipinski definition) is 8. The van der Waals surface area contributed by atoms with Crippen molar-refractivity contribution < 1.29 is 14.7 Å². The smallest absolute Gasteiger partial charge is 0.270 e. The molecule has 0 saturated heterocycles. The van der Waals surface area contributed by atoms with Crippen LogP contribution in [0.5, 0.6) is 0 Å². The van der Waals surface area contributed by atoms with Gasteiger partial charge < -0.3 is 20.2 Å². The number of nitro groups is 1. The Labute approximate surface area is 177 Å². The van der Waals surface area contributed by atoms with E-state index in [-0.39, 0.29) is 5.69 Å². The van der Waals surface area contributed by atoms with E-state index in [1.54, 1.807) is 6.07 Å². The van der Waals surface area contributed by atoms with Crippen LogP contribution >= 0.6 is 0 Å². The van der Waals surface area contributed by atoms with E-state index >= 15 is 0 Å². The van der Waals surface area contributed by atoms with Crippen LogP contribution in [0.25, 0.3) is 10.9 Å². The largest absolute Gasteiger partial charge is 0.372 e. The van der Waals surface area contributed by atoms with Crippen molar-refractivity contribution in [3.05, 3.63) is 67.9 Å². The number of anilines is 1. The summed E-state index contributed by atoms with van der Waals surface area (Å²) >= 11 is 0. The molecule has 164 valence electrons. The van der Waals surface area contributed by atoms with E-state index in [1.807, 2.05) is 47.7 Å². The van der Waals surface area contributed by atoms with Gasteiger partial charge in [-0.05, 0) is 38.1 Å². The second kappa shape index (κ2) is 10.1. The molecule has 0 unspecified atom stereocenters. The molecule has 2 aromatic carbocycles. The summed E-state index contributed by atoms with van der Waals surface area (Å²) in [7, 11) is 3.73. The molecule has 0 radical (unpaired) electrons. The topological polar surface area (TPSA) is 146 Å². The number of benzene rings is 2. The molecule has 0 amide bonds.